The molecule has 2 nitrogen and oxygen atoms in total. The highest BCUT2D eigenvalue weighted by atomic mass is 79.9. The minimum absolute atomic E-state index is 0.350. The van der Waals surface area contributed by atoms with Crippen molar-refractivity contribution >= 4 is 15.9 Å². The molecule has 1 aliphatic heterocycles. The Morgan fingerprint density at radius 3 is 2.25 bits per heavy atom. The maximum absolute atomic E-state index is 11.8. The first-order valence-corrected chi connectivity index (χ1v) is 5.96. The third kappa shape index (κ3) is 4.55. The Hall–Kier alpha value is -0.520. The van der Waals surface area contributed by atoms with Crippen LogP contribution in [0.3, 0.4) is 0 Å². The summed E-state index contributed by atoms with van der Waals surface area (Å²) in [5, 5.41) is 2.46. The summed E-state index contributed by atoms with van der Waals surface area (Å²) in [6.07, 6.45) is 0. The fourth-order valence-electron chi connectivity index (χ4n) is 1.27. The molecule has 90 valence electrons. The van der Waals surface area contributed by atoms with Crippen LogP contribution in [-0.4, -0.2) is 29.6 Å². The average Bonchev–Trinajstić information content (AvgIpc) is 2.66. The molecule has 16 heavy (non-hydrogen) atoms. The molecule has 1 fully saturated rings. The molecular weight excluding hydrogens is 278 g/mol. The van der Waals surface area contributed by atoms with E-state index < -0.39 is 6.55 Å². The first-order chi connectivity index (χ1) is 7.61. The average molecular weight is 293 g/mol. The van der Waals surface area contributed by atoms with Gasteiger partial charge in [0.25, 0.3) is 6.55 Å². The number of rotatable bonds is 1. The van der Waals surface area contributed by atoms with E-state index in [9.17, 15) is 8.78 Å². The molecule has 1 aromatic carbocycles. The number of hydrogen-bond donors (Lipinski definition) is 1. The fourth-order valence-corrected chi connectivity index (χ4v) is 1.89. The predicted octanol–water partition coefficient (Wildman–Crippen LogP) is 2.79. The van der Waals surface area contributed by atoms with Crippen molar-refractivity contribution in [1.29, 1.82) is 0 Å². The van der Waals surface area contributed by atoms with Gasteiger partial charge in [-0.25, -0.2) is 4.90 Å². The second-order valence-corrected chi connectivity index (χ2v) is 4.33. The first kappa shape index (κ1) is 13.5. The van der Waals surface area contributed by atoms with Gasteiger partial charge in [0, 0.05) is 13.1 Å². The monoisotopic (exact) mass is 292 g/mol. The smallest absolute Gasteiger partial charge is 0.291 e. The fraction of sp³-hybridized carbons (Fsp3) is 0.455. The van der Waals surface area contributed by atoms with Gasteiger partial charge in [-0.05, 0) is 6.92 Å². The molecule has 1 unspecified atom stereocenters. The lowest BCUT2D eigenvalue weighted by Gasteiger charge is -2.16. The van der Waals surface area contributed by atoms with Crippen molar-refractivity contribution < 1.29 is 8.78 Å². The van der Waals surface area contributed by atoms with Crippen LogP contribution in [0.5, 0.6) is 0 Å². The highest BCUT2D eigenvalue weighted by Crippen LogP contribution is 2.14. The third-order valence-corrected chi connectivity index (χ3v) is 3.01. The van der Waals surface area contributed by atoms with Crippen LogP contribution in [0.15, 0.2) is 30.3 Å². The number of nitrogens with one attached hydrogen (secondary N) is 1. The zero-order valence-corrected chi connectivity index (χ0v) is 10.6. The summed E-state index contributed by atoms with van der Waals surface area (Å²) in [5.41, 5.74) is 1.32. The standard InChI is InChI=1S/C7H8.C4H7BrF2N2/c1-7-5-3-2-4-6-7;5-3-8-1-2-9(3)4(6)7/h2-6H,1H3;3-4,8H,1-2H2. The highest BCUT2D eigenvalue weighted by Gasteiger charge is 2.27. The van der Waals surface area contributed by atoms with Gasteiger partial charge in [-0.1, -0.05) is 51.8 Å². The second kappa shape index (κ2) is 6.93. The Morgan fingerprint density at radius 1 is 1.38 bits per heavy atom. The molecule has 0 aliphatic carbocycles. The topological polar surface area (TPSA) is 15.3 Å². The Bertz CT molecular complexity index is 295. The van der Waals surface area contributed by atoms with E-state index in [1.165, 1.54) is 5.56 Å². The molecule has 1 aliphatic rings. The molecule has 1 aromatic rings. The maximum Gasteiger partial charge on any atom is 0.296 e. The van der Waals surface area contributed by atoms with Gasteiger partial charge in [0.2, 0.25) is 0 Å². The van der Waals surface area contributed by atoms with Gasteiger partial charge in [0.15, 0.2) is 0 Å². The Kier molecular flexibility index (Phi) is 5.87. The summed E-state index contributed by atoms with van der Waals surface area (Å²) >= 11 is 3.04. The van der Waals surface area contributed by atoms with Gasteiger partial charge in [-0.3, -0.25) is 5.32 Å². The number of nitrogens with zero attached hydrogens (tertiary/aromatic N) is 1. The summed E-state index contributed by atoms with van der Waals surface area (Å²) in [6.45, 7) is 0.762. The molecule has 0 spiro atoms. The molecule has 0 radical (unpaired) electrons. The van der Waals surface area contributed by atoms with E-state index in [4.69, 9.17) is 0 Å². The predicted molar refractivity (Wildman–Crippen MR) is 64.6 cm³/mol. The van der Waals surface area contributed by atoms with Crippen molar-refractivity contribution in [3.05, 3.63) is 35.9 Å². The number of benzene rings is 1. The van der Waals surface area contributed by atoms with E-state index in [1.54, 1.807) is 0 Å². The van der Waals surface area contributed by atoms with Crippen LogP contribution in [0.1, 0.15) is 5.56 Å². The molecule has 1 heterocycles. The third-order valence-electron chi connectivity index (χ3n) is 2.17. The van der Waals surface area contributed by atoms with E-state index in [0.717, 1.165) is 4.90 Å². The van der Waals surface area contributed by atoms with Crippen molar-refractivity contribution in [2.24, 2.45) is 0 Å². The van der Waals surface area contributed by atoms with Crippen molar-refractivity contribution in [1.82, 2.24) is 10.2 Å². The van der Waals surface area contributed by atoms with E-state index in [1.807, 2.05) is 18.2 Å². The lowest BCUT2D eigenvalue weighted by molar-refractivity contribution is -0.0174. The molecular formula is C11H15BrF2N2. The van der Waals surface area contributed by atoms with Crippen molar-refractivity contribution in [2.45, 2.75) is 18.5 Å². The quantitative estimate of drug-likeness (QED) is 0.633. The number of hydrogen-bond acceptors (Lipinski definition) is 2. The van der Waals surface area contributed by atoms with Crippen LogP contribution in [0, 0.1) is 6.92 Å². The van der Waals surface area contributed by atoms with Crippen LogP contribution < -0.4 is 5.32 Å². The summed E-state index contributed by atoms with van der Waals surface area (Å²) in [4.78, 5) is 1.04. The number of alkyl halides is 3. The van der Waals surface area contributed by atoms with E-state index >= 15 is 0 Å². The summed E-state index contributed by atoms with van der Waals surface area (Å²) in [6, 6.07) is 10.3. The lowest BCUT2D eigenvalue weighted by atomic mass is 10.2. The maximum atomic E-state index is 11.8. The van der Waals surface area contributed by atoms with Crippen LogP contribution in [0.2, 0.25) is 0 Å². The van der Waals surface area contributed by atoms with E-state index in [0.29, 0.717) is 13.1 Å². The van der Waals surface area contributed by atoms with Crippen LogP contribution in [-0.2, 0) is 0 Å². The molecule has 5 heteroatoms. The summed E-state index contributed by atoms with van der Waals surface area (Å²) < 4.78 is 23.7. The number of halogens is 3. The summed E-state index contributed by atoms with van der Waals surface area (Å²) in [5.74, 6) is 0. The van der Waals surface area contributed by atoms with Crippen LogP contribution in [0.25, 0.3) is 0 Å². The molecule has 0 aromatic heterocycles. The molecule has 0 amide bonds. The largest absolute Gasteiger partial charge is 0.296 e. The minimum atomic E-state index is -2.36. The van der Waals surface area contributed by atoms with Crippen LogP contribution >= 0.6 is 15.9 Å². The lowest BCUT2D eigenvalue weighted by Crippen LogP contribution is -2.33. The van der Waals surface area contributed by atoms with Gasteiger partial charge in [0.1, 0.15) is 5.08 Å². The Labute approximate surface area is 103 Å². The molecule has 0 saturated carbocycles. The molecule has 0 bridgehead atoms. The van der Waals surface area contributed by atoms with Crippen molar-refractivity contribution in [3.8, 4) is 0 Å². The SMILES string of the molecule is Cc1ccccc1.FC(F)N1CCNC1Br. The zero-order valence-electron chi connectivity index (χ0n) is 9.04. The zero-order chi connectivity index (χ0) is 12.0. The minimum Gasteiger partial charge on any atom is -0.291 e. The molecule has 1 saturated heterocycles. The Balaban J connectivity index is 0.000000165. The van der Waals surface area contributed by atoms with E-state index in [-0.39, 0.29) is 5.08 Å². The summed E-state index contributed by atoms with van der Waals surface area (Å²) in [7, 11) is 0. The Morgan fingerprint density at radius 2 is 2.00 bits per heavy atom. The van der Waals surface area contributed by atoms with Gasteiger partial charge in [-0.15, -0.1) is 0 Å². The highest BCUT2D eigenvalue weighted by molar-refractivity contribution is 9.09. The van der Waals surface area contributed by atoms with Gasteiger partial charge >= 0.3 is 0 Å². The second-order valence-electron chi connectivity index (χ2n) is 3.46. The molecule has 1 atom stereocenters. The van der Waals surface area contributed by atoms with Crippen molar-refractivity contribution in [2.75, 3.05) is 13.1 Å². The van der Waals surface area contributed by atoms with E-state index in [2.05, 4.69) is 40.3 Å². The van der Waals surface area contributed by atoms with Gasteiger partial charge in [0.05, 0.1) is 0 Å². The van der Waals surface area contributed by atoms with Crippen molar-refractivity contribution in [3.63, 3.8) is 0 Å². The number of aryl methyl sites for hydroxylation is 1. The van der Waals surface area contributed by atoms with Crippen LogP contribution in [0.4, 0.5) is 8.78 Å². The normalized spacial score (nSPS) is 20.7. The van der Waals surface area contributed by atoms with Gasteiger partial charge < -0.3 is 0 Å². The molecule has 2 rings (SSSR count). The van der Waals surface area contributed by atoms with Gasteiger partial charge in [-0.2, -0.15) is 8.78 Å². The first-order valence-electron chi connectivity index (χ1n) is 5.04. The molecule has 1 N–H and O–H groups in total.